The summed E-state index contributed by atoms with van der Waals surface area (Å²) in [5.74, 6) is -0.388. The first-order chi connectivity index (χ1) is 8.52. The third-order valence-electron chi connectivity index (χ3n) is 2.28. The molecule has 0 bridgehead atoms. The lowest BCUT2D eigenvalue weighted by atomic mass is 10.2. The second-order valence-corrected chi connectivity index (χ2v) is 5.30. The van der Waals surface area contributed by atoms with Gasteiger partial charge in [0, 0.05) is 19.8 Å². The standard InChI is InChI=1S/C12H20N2O3S/c1-8(2)7-17-6-4-5-13-11-10(12(15)16)9(3)14-18-11/h8,13H,4-7H2,1-3H3,(H,15,16). The number of aryl methyl sites for hydroxylation is 1. The molecule has 18 heavy (non-hydrogen) atoms. The fraction of sp³-hybridized carbons (Fsp3) is 0.667. The molecule has 0 radical (unpaired) electrons. The highest BCUT2D eigenvalue weighted by Crippen LogP contribution is 2.24. The molecule has 0 spiro atoms. The van der Waals surface area contributed by atoms with E-state index in [0.29, 0.717) is 29.8 Å². The highest BCUT2D eigenvalue weighted by Gasteiger charge is 2.16. The molecule has 0 aliphatic rings. The Labute approximate surface area is 111 Å². The molecule has 1 aromatic heterocycles. The van der Waals surface area contributed by atoms with Crippen LogP contribution in [-0.2, 0) is 4.74 Å². The number of aromatic carboxylic acids is 1. The first-order valence-electron chi connectivity index (χ1n) is 6.03. The van der Waals surface area contributed by atoms with Crippen molar-refractivity contribution in [1.82, 2.24) is 4.37 Å². The SMILES string of the molecule is Cc1nsc(NCCCOCC(C)C)c1C(=O)O. The summed E-state index contributed by atoms with van der Waals surface area (Å²) in [6, 6.07) is 0. The number of aromatic nitrogens is 1. The van der Waals surface area contributed by atoms with E-state index >= 15 is 0 Å². The summed E-state index contributed by atoms with van der Waals surface area (Å²) in [4.78, 5) is 11.0. The smallest absolute Gasteiger partial charge is 0.340 e. The zero-order chi connectivity index (χ0) is 13.5. The van der Waals surface area contributed by atoms with E-state index in [1.165, 1.54) is 11.5 Å². The van der Waals surface area contributed by atoms with Gasteiger partial charge in [0.05, 0.1) is 5.69 Å². The van der Waals surface area contributed by atoms with Crippen LogP contribution in [-0.4, -0.2) is 35.2 Å². The van der Waals surface area contributed by atoms with E-state index in [0.717, 1.165) is 13.0 Å². The molecule has 2 N–H and O–H groups in total. The number of anilines is 1. The monoisotopic (exact) mass is 272 g/mol. The highest BCUT2D eigenvalue weighted by atomic mass is 32.1. The van der Waals surface area contributed by atoms with Gasteiger partial charge in [-0.15, -0.1) is 0 Å². The van der Waals surface area contributed by atoms with Crippen molar-refractivity contribution in [3.05, 3.63) is 11.3 Å². The second kappa shape index (κ2) is 7.33. The molecule has 0 atom stereocenters. The van der Waals surface area contributed by atoms with Gasteiger partial charge in [-0.2, -0.15) is 4.37 Å². The minimum atomic E-state index is -0.931. The fourth-order valence-electron chi connectivity index (χ4n) is 1.44. The summed E-state index contributed by atoms with van der Waals surface area (Å²) < 4.78 is 9.49. The van der Waals surface area contributed by atoms with Gasteiger partial charge in [0.1, 0.15) is 10.6 Å². The van der Waals surface area contributed by atoms with E-state index in [2.05, 4.69) is 23.5 Å². The minimum absolute atomic E-state index is 0.281. The Morgan fingerprint density at radius 1 is 1.56 bits per heavy atom. The Hall–Kier alpha value is -1.14. The maximum absolute atomic E-state index is 11.0. The molecule has 0 aliphatic carbocycles. The highest BCUT2D eigenvalue weighted by molar-refractivity contribution is 7.10. The molecule has 0 aliphatic heterocycles. The Morgan fingerprint density at radius 2 is 2.28 bits per heavy atom. The lowest BCUT2D eigenvalue weighted by Crippen LogP contribution is -2.10. The zero-order valence-corrected chi connectivity index (χ0v) is 11.8. The van der Waals surface area contributed by atoms with E-state index in [4.69, 9.17) is 9.84 Å². The number of hydrogen-bond donors (Lipinski definition) is 2. The van der Waals surface area contributed by atoms with Crippen molar-refractivity contribution in [2.45, 2.75) is 27.2 Å². The van der Waals surface area contributed by atoms with Crippen LogP contribution in [0.2, 0.25) is 0 Å². The molecule has 0 fully saturated rings. The van der Waals surface area contributed by atoms with Crippen molar-refractivity contribution < 1.29 is 14.6 Å². The predicted molar refractivity (Wildman–Crippen MR) is 72.6 cm³/mol. The lowest BCUT2D eigenvalue weighted by molar-refractivity contribution is 0.0697. The van der Waals surface area contributed by atoms with Crippen LogP contribution in [0.25, 0.3) is 0 Å². The van der Waals surface area contributed by atoms with E-state index in [9.17, 15) is 4.79 Å². The van der Waals surface area contributed by atoms with Gasteiger partial charge in [-0.25, -0.2) is 4.79 Å². The molecular weight excluding hydrogens is 252 g/mol. The normalized spacial score (nSPS) is 10.9. The first-order valence-corrected chi connectivity index (χ1v) is 6.81. The Bertz CT molecular complexity index is 391. The molecular formula is C12H20N2O3S. The largest absolute Gasteiger partial charge is 0.478 e. The van der Waals surface area contributed by atoms with Gasteiger partial charge in [-0.3, -0.25) is 0 Å². The molecule has 6 heteroatoms. The summed E-state index contributed by atoms with van der Waals surface area (Å²) in [6.45, 7) is 8.07. The van der Waals surface area contributed by atoms with E-state index < -0.39 is 5.97 Å². The van der Waals surface area contributed by atoms with Gasteiger partial charge in [0.15, 0.2) is 0 Å². The number of carbonyl (C=O) groups is 1. The second-order valence-electron chi connectivity index (χ2n) is 4.53. The van der Waals surface area contributed by atoms with E-state index in [1.807, 2.05) is 0 Å². The van der Waals surface area contributed by atoms with Crippen LogP contribution >= 0.6 is 11.5 Å². The topological polar surface area (TPSA) is 71.5 Å². The van der Waals surface area contributed by atoms with Gasteiger partial charge < -0.3 is 15.2 Å². The summed E-state index contributed by atoms with van der Waals surface area (Å²) in [5.41, 5.74) is 0.842. The van der Waals surface area contributed by atoms with Gasteiger partial charge in [-0.1, -0.05) is 13.8 Å². The lowest BCUT2D eigenvalue weighted by Gasteiger charge is -2.07. The van der Waals surface area contributed by atoms with Crippen LogP contribution < -0.4 is 5.32 Å². The van der Waals surface area contributed by atoms with Gasteiger partial charge >= 0.3 is 5.97 Å². The number of hydrogen-bond acceptors (Lipinski definition) is 5. The number of nitrogens with zero attached hydrogens (tertiary/aromatic N) is 1. The van der Waals surface area contributed by atoms with Crippen LogP contribution in [0.15, 0.2) is 0 Å². The maximum Gasteiger partial charge on any atom is 0.340 e. The predicted octanol–water partition coefficient (Wildman–Crippen LogP) is 2.62. The van der Waals surface area contributed by atoms with Crippen molar-refractivity contribution in [3.63, 3.8) is 0 Å². The molecule has 5 nitrogen and oxygen atoms in total. The van der Waals surface area contributed by atoms with Crippen LogP contribution in [0.3, 0.4) is 0 Å². The summed E-state index contributed by atoms with van der Waals surface area (Å²) >= 11 is 1.19. The number of ether oxygens (including phenoxy) is 1. The van der Waals surface area contributed by atoms with E-state index in [1.54, 1.807) is 6.92 Å². The number of nitrogens with one attached hydrogen (secondary N) is 1. The van der Waals surface area contributed by atoms with Crippen molar-refractivity contribution in [3.8, 4) is 0 Å². The molecule has 0 aromatic carbocycles. The van der Waals surface area contributed by atoms with Gasteiger partial charge in [0.2, 0.25) is 0 Å². The quantitative estimate of drug-likeness (QED) is 0.712. The van der Waals surface area contributed by atoms with Crippen molar-refractivity contribution in [2.24, 2.45) is 5.92 Å². The fourth-order valence-corrected chi connectivity index (χ4v) is 2.25. The van der Waals surface area contributed by atoms with Gasteiger partial charge in [0.25, 0.3) is 0 Å². The zero-order valence-electron chi connectivity index (χ0n) is 11.0. The van der Waals surface area contributed by atoms with E-state index in [-0.39, 0.29) is 5.56 Å². The maximum atomic E-state index is 11.0. The molecule has 102 valence electrons. The molecule has 1 rings (SSSR count). The molecule has 0 amide bonds. The van der Waals surface area contributed by atoms with Gasteiger partial charge in [-0.05, 0) is 30.8 Å². The molecule has 0 unspecified atom stereocenters. The van der Waals surface area contributed by atoms with Crippen LogP contribution in [0.4, 0.5) is 5.00 Å². The Morgan fingerprint density at radius 3 is 2.89 bits per heavy atom. The third kappa shape index (κ3) is 4.62. The number of carboxylic acid groups (broad SMARTS) is 1. The Kier molecular flexibility index (Phi) is 6.07. The molecule has 0 saturated carbocycles. The van der Waals surface area contributed by atoms with Crippen molar-refractivity contribution >= 4 is 22.5 Å². The van der Waals surface area contributed by atoms with Crippen LogP contribution in [0.1, 0.15) is 36.3 Å². The molecule has 0 saturated heterocycles. The average Bonchev–Trinajstić information content (AvgIpc) is 2.64. The molecule has 1 heterocycles. The number of carboxylic acids is 1. The van der Waals surface area contributed by atoms with Crippen molar-refractivity contribution in [2.75, 3.05) is 25.1 Å². The summed E-state index contributed by atoms with van der Waals surface area (Å²) in [5, 5.41) is 12.8. The van der Waals surface area contributed by atoms with Crippen LogP contribution in [0.5, 0.6) is 0 Å². The summed E-state index contributed by atoms with van der Waals surface area (Å²) in [7, 11) is 0. The average molecular weight is 272 g/mol. The van der Waals surface area contributed by atoms with Crippen molar-refractivity contribution in [1.29, 1.82) is 0 Å². The third-order valence-corrected chi connectivity index (χ3v) is 3.17. The van der Waals surface area contributed by atoms with Crippen LogP contribution in [0, 0.1) is 12.8 Å². The number of rotatable bonds is 8. The molecule has 1 aromatic rings. The summed E-state index contributed by atoms with van der Waals surface area (Å²) in [6.07, 6.45) is 0.850. The Balaban J connectivity index is 2.29. The first kappa shape index (κ1) is 14.9. The minimum Gasteiger partial charge on any atom is -0.478 e.